The Morgan fingerprint density at radius 1 is 1.33 bits per heavy atom. The van der Waals surface area contributed by atoms with Crippen LogP contribution in [0.25, 0.3) is 0 Å². The van der Waals surface area contributed by atoms with E-state index in [9.17, 15) is 4.57 Å². The van der Waals surface area contributed by atoms with Gasteiger partial charge >= 0.3 is 7.82 Å². The lowest BCUT2D eigenvalue weighted by atomic mass is 9.99. The van der Waals surface area contributed by atoms with Gasteiger partial charge < -0.3 is 4.89 Å². The van der Waals surface area contributed by atoms with Crippen LogP contribution in [0.15, 0.2) is 0 Å². The largest absolute Gasteiger partial charge is 0.472 e. The SMILES string of the molecule is CCOP(=O)(O)OCC(C)(C)C. The first-order valence-corrected chi connectivity index (χ1v) is 5.38. The summed E-state index contributed by atoms with van der Waals surface area (Å²) in [5.41, 5.74) is -0.129. The Hall–Kier alpha value is 0.110. The summed E-state index contributed by atoms with van der Waals surface area (Å²) in [6, 6.07) is 0. The number of phosphoric acid groups is 1. The van der Waals surface area contributed by atoms with Crippen molar-refractivity contribution in [3.8, 4) is 0 Å². The second kappa shape index (κ2) is 4.38. The maximum atomic E-state index is 11.0. The van der Waals surface area contributed by atoms with Crippen LogP contribution in [-0.4, -0.2) is 18.1 Å². The molecule has 0 radical (unpaired) electrons. The van der Waals surface area contributed by atoms with Gasteiger partial charge in [-0.2, -0.15) is 0 Å². The van der Waals surface area contributed by atoms with Gasteiger partial charge in [-0.15, -0.1) is 0 Å². The molecule has 1 atom stereocenters. The van der Waals surface area contributed by atoms with Crippen LogP contribution in [0, 0.1) is 5.41 Å². The van der Waals surface area contributed by atoms with E-state index in [1.165, 1.54) is 0 Å². The first-order valence-electron chi connectivity index (χ1n) is 3.89. The van der Waals surface area contributed by atoms with Gasteiger partial charge in [-0.25, -0.2) is 4.57 Å². The third kappa shape index (κ3) is 6.80. The Labute approximate surface area is 73.5 Å². The summed E-state index contributed by atoms with van der Waals surface area (Å²) in [6.07, 6.45) is 0. The molecule has 4 nitrogen and oxygen atoms in total. The Morgan fingerprint density at radius 3 is 2.17 bits per heavy atom. The lowest BCUT2D eigenvalue weighted by Gasteiger charge is -2.19. The molecule has 0 spiro atoms. The predicted octanol–water partition coefficient (Wildman–Crippen LogP) is 2.19. The molecular weight excluding hydrogens is 179 g/mol. The molecule has 1 N–H and O–H groups in total. The predicted molar refractivity (Wildman–Crippen MR) is 46.9 cm³/mol. The Kier molecular flexibility index (Phi) is 4.42. The maximum Gasteiger partial charge on any atom is 0.472 e. The highest BCUT2D eigenvalue weighted by molar-refractivity contribution is 7.47. The van der Waals surface area contributed by atoms with Gasteiger partial charge in [-0.1, -0.05) is 20.8 Å². The molecule has 5 heteroatoms. The van der Waals surface area contributed by atoms with Crippen LogP contribution in [0.5, 0.6) is 0 Å². The standard InChI is InChI=1S/C7H17O4P/c1-5-10-12(8,9)11-6-7(2,3)4/h5-6H2,1-4H3,(H,8,9). The van der Waals surface area contributed by atoms with Gasteiger partial charge in [0.25, 0.3) is 0 Å². The number of hydrogen-bond donors (Lipinski definition) is 1. The van der Waals surface area contributed by atoms with Crippen LogP contribution >= 0.6 is 7.82 Å². The molecule has 0 fully saturated rings. The minimum Gasteiger partial charge on any atom is -0.302 e. The molecule has 0 aliphatic heterocycles. The Balaban J connectivity index is 3.84. The average Bonchev–Trinajstić information content (AvgIpc) is 1.83. The van der Waals surface area contributed by atoms with E-state index < -0.39 is 7.82 Å². The molecule has 0 saturated heterocycles. The van der Waals surface area contributed by atoms with Gasteiger partial charge in [0.2, 0.25) is 0 Å². The fourth-order valence-corrected chi connectivity index (χ4v) is 1.43. The first-order chi connectivity index (χ1) is 5.27. The van der Waals surface area contributed by atoms with Crippen molar-refractivity contribution in [1.82, 2.24) is 0 Å². The van der Waals surface area contributed by atoms with Crippen molar-refractivity contribution in [2.75, 3.05) is 13.2 Å². The number of rotatable bonds is 4. The van der Waals surface area contributed by atoms with Crippen LogP contribution < -0.4 is 0 Å². The van der Waals surface area contributed by atoms with E-state index in [1.54, 1.807) is 6.92 Å². The number of hydrogen-bond acceptors (Lipinski definition) is 3. The van der Waals surface area contributed by atoms with Crippen molar-refractivity contribution in [2.45, 2.75) is 27.7 Å². The van der Waals surface area contributed by atoms with E-state index in [0.29, 0.717) is 0 Å². The highest BCUT2D eigenvalue weighted by atomic mass is 31.2. The summed E-state index contributed by atoms with van der Waals surface area (Å²) < 4.78 is 20.2. The zero-order chi connectivity index (χ0) is 9.83. The van der Waals surface area contributed by atoms with Crippen molar-refractivity contribution in [3.05, 3.63) is 0 Å². The second-order valence-electron chi connectivity index (χ2n) is 3.72. The van der Waals surface area contributed by atoms with Crippen molar-refractivity contribution in [2.24, 2.45) is 5.41 Å². The van der Waals surface area contributed by atoms with E-state index in [2.05, 4.69) is 4.52 Å². The quantitative estimate of drug-likeness (QED) is 0.700. The minimum atomic E-state index is -3.79. The summed E-state index contributed by atoms with van der Waals surface area (Å²) in [5, 5.41) is 0. The van der Waals surface area contributed by atoms with Crippen LogP contribution in [0.3, 0.4) is 0 Å². The molecule has 0 rings (SSSR count). The smallest absolute Gasteiger partial charge is 0.302 e. The molecule has 1 unspecified atom stereocenters. The van der Waals surface area contributed by atoms with Crippen molar-refractivity contribution in [1.29, 1.82) is 0 Å². The highest BCUT2D eigenvalue weighted by Gasteiger charge is 2.23. The molecule has 0 aromatic rings. The Morgan fingerprint density at radius 2 is 1.83 bits per heavy atom. The molecule has 12 heavy (non-hydrogen) atoms. The molecular formula is C7H17O4P. The summed E-state index contributed by atoms with van der Waals surface area (Å²) in [5.74, 6) is 0. The lowest BCUT2D eigenvalue weighted by molar-refractivity contribution is 0.115. The molecule has 0 heterocycles. The summed E-state index contributed by atoms with van der Waals surface area (Å²) in [4.78, 5) is 8.99. The Bertz CT molecular complexity index is 173. The fraction of sp³-hybridized carbons (Fsp3) is 1.00. The van der Waals surface area contributed by atoms with Crippen LogP contribution in [-0.2, 0) is 13.6 Å². The molecule has 0 aromatic carbocycles. The average molecular weight is 196 g/mol. The second-order valence-corrected chi connectivity index (χ2v) is 5.17. The van der Waals surface area contributed by atoms with Crippen LogP contribution in [0.4, 0.5) is 0 Å². The maximum absolute atomic E-state index is 11.0. The molecule has 0 amide bonds. The molecule has 0 aromatic heterocycles. The third-order valence-electron chi connectivity index (χ3n) is 0.953. The first kappa shape index (κ1) is 12.1. The third-order valence-corrected chi connectivity index (χ3v) is 1.99. The van der Waals surface area contributed by atoms with Gasteiger partial charge in [-0.05, 0) is 12.3 Å². The van der Waals surface area contributed by atoms with Crippen molar-refractivity contribution < 1.29 is 18.5 Å². The van der Waals surface area contributed by atoms with Gasteiger partial charge in [0.05, 0.1) is 13.2 Å². The van der Waals surface area contributed by atoms with E-state index in [-0.39, 0.29) is 18.6 Å². The van der Waals surface area contributed by atoms with Crippen LogP contribution in [0.1, 0.15) is 27.7 Å². The normalized spacial score (nSPS) is 17.4. The van der Waals surface area contributed by atoms with Gasteiger partial charge in [0.15, 0.2) is 0 Å². The van der Waals surface area contributed by atoms with E-state index >= 15 is 0 Å². The molecule has 0 saturated carbocycles. The van der Waals surface area contributed by atoms with E-state index in [0.717, 1.165) is 0 Å². The summed E-state index contributed by atoms with van der Waals surface area (Å²) >= 11 is 0. The van der Waals surface area contributed by atoms with Crippen LogP contribution in [0.2, 0.25) is 0 Å². The van der Waals surface area contributed by atoms with Gasteiger partial charge in [-0.3, -0.25) is 9.05 Å². The summed E-state index contributed by atoms with van der Waals surface area (Å²) in [7, 11) is -3.79. The highest BCUT2D eigenvalue weighted by Crippen LogP contribution is 2.44. The van der Waals surface area contributed by atoms with Crippen molar-refractivity contribution in [3.63, 3.8) is 0 Å². The topological polar surface area (TPSA) is 55.8 Å². The number of phosphoric ester groups is 1. The molecule has 0 aliphatic rings. The molecule has 74 valence electrons. The minimum absolute atomic E-state index is 0.129. The summed E-state index contributed by atoms with van der Waals surface area (Å²) in [6.45, 7) is 7.78. The van der Waals surface area contributed by atoms with E-state index in [4.69, 9.17) is 9.42 Å². The monoisotopic (exact) mass is 196 g/mol. The zero-order valence-corrected chi connectivity index (χ0v) is 8.93. The van der Waals surface area contributed by atoms with Gasteiger partial charge in [0, 0.05) is 0 Å². The fourth-order valence-electron chi connectivity index (χ4n) is 0.476. The van der Waals surface area contributed by atoms with Gasteiger partial charge in [0.1, 0.15) is 0 Å². The van der Waals surface area contributed by atoms with E-state index in [1.807, 2.05) is 20.8 Å². The molecule has 0 bridgehead atoms. The lowest BCUT2D eigenvalue weighted by Crippen LogP contribution is -2.14. The molecule has 0 aliphatic carbocycles. The zero-order valence-electron chi connectivity index (χ0n) is 8.03. The van der Waals surface area contributed by atoms with Crippen molar-refractivity contribution >= 4 is 7.82 Å².